The van der Waals surface area contributed by atoms with Crippen LogP contribution in [0.2, 0.25) is 0 Å². The SMILES string of the molecule is CC1CCCN(c2cc(Br)cc(CN)c2)CC1. The van der Waals surface area contributed by atoms with Crippen molar-refractivity contribution >= 4 is 21.6 Å². The van der Waals surface area contributed by atoms with Gasteiger partial charge in [0.2, 0.25) is 0 Å². The van der Waals surface area contributed by atoms with Crippen LogP contribution in [0.1, 0.15) is 31.7 Å². The molecule has 2 nitrogen and oxygen atoms in total. The first-order valence-electron chi connectivity index (χ1n) is 6.43. The maximum absolute atomic E-state index is 5.73. The maximum Gasteiger partial charge on any atom is 0.0380 e. The van der Waals surface area contributed by atoms with Gasteiger partial charge in [-0.25, -0.2) is 0 Å². The molecule has 1 atom stereocenters. The average Bonchev–Trinajstić information content (AvgIpc) is 2.53. The number of benzene rings is 1. The largest absolute Gasteiger partial charge is 0.371 e. The summed E-state index contributed by atoms with van der Waals surface area (Å²) >= 11 is 3.57. The van der Waals surface area contributed by atoms with Gasteiger partial charge in [-0.2, -0.15) is 0 Å². The highest BCUT2D eigenvalue weighted by molar-refractivity contribution is 9.10. The van der Waals surface area contributed by atoms with E-state index in [-0.39, 0.29) is 0 Å². The third-order valence-electron chi connectivity index (χ3n) is 3.56. The Morgan fingerprint density at radius 3 is 2.88 bits per heavy atom. The predicted molar refractivity (Wildman–Crippen MR) is 77.3 cm³/mol. The van der Waals surface area contributed by atoms with Crippen LogP contribution in [-0.4, -0.2) is 13.1 Å². The second-order valence-corrected chi connectivity index (χ2v) is 5.96. The number of rotatable bonds is 2. The quantitative estimate of drug-likeness (QED) is 0.904. The molecule has 1 heterocycles. The van der Waals surface area contributed by atoms with Gasteiger partial charge >= 0.3 is 0 Å². The zero-order valence-corrected chi connectivity index (χ0v) is 12.0. The predicted octanol–water partition coefficient (Wildman–Crippen LogP) is 3.53. The van der Waals surface area contributed by atoms with Crippen molar-refractivity contribution in [2.45, 2.75) is 32.7 Å². The van der Waals surface area contributed by atoms with E-state index in [0.717, 1.165) is 10.4 Å². The Bertz CT molecular complexity index is 378. The van der Waals surface area contributed by atoms with Gasteiger partial charge in [0.15, 0.2) is 0 Å². The summed E-state index contributed by atoms with van der Waals surface area (Å²) in [6, 6.07) is 6.53. The summed E-state index contributed by atoms with van der Waals surface area (Å²) in [5, 5.41) is 0. The van der Waals surface area contributed by atoms with Crippen LogP contribution in [0.25, 0.3) is 0 Å². The highest BCUT2D eigenvalue weighted by Crippen LogP contribution is 2.26. The number of nitrogens with zero attached hydrogens (tertiary/aromatic N) is 1. The highest BCUT2D eigenvalue weighted by Gasteiger charge is 2.14. The summed E-state index contributed by atoms with van der Waals surface area (Å²) in [7, 11) is 0. The normalized spacial score (nSPS) is 21.4. The number of nitrogens with two attached hydrogens (primary N) is 1. The molecule has 3 heteroatoms. The molecular formula is C14H21BrN2. The Hall–Kier alpha value is -0.540. The molecule has 2 N–H and O–H groups in total. The first-order valence-corrected chi connectivity index (χ1v) is 7.23. The van der Waals surface area contributed by atoms with Crippen LogP contribution in [0.4, 0.5) is 5.69 Å². The molecule has 0 aliphatic carbocycles. The molecule has 0 bridgehead atoms. The zero-order valence-electron chi connectivity index (χ0n) is 10.5. The molecule has 0 saturated carbocycles. The molecular weight excluding hydrogens is 276 g/mol. The molecule has 1 saturated heterocycles. The van der Waals surface area contributed by atoms with E-state index in [0.29, 0.717) is 6.54 Å². The lowest BCUT2D eigenvalue weighted by Crippen LogP contribution is -2.24. The number of hydrogen-bond acceptors (Lipinski definition) is 2. The number of halogens is 1. The van der Waals surface area contributed by atoms with E-state index in [1.54, 1.807) is 0 Å². The smallest absolute Gasteiger partial charge is 0.0380 e. The molecule has 1 aliphatic heterocycles. The van der Waals surface area contributed by atoms with Crippen molar-refractivity contribution in [3.05, 3.63) is 28.2 Å². The summed E-state index contributed by atoms with van der Waals surface area (Å²) in [6.45, 7) is 5.30. The number of anilines is 1. The van der Waals surface area contributed by atoms with Crippen molar-refractivity contribution in [1.29, 1.82) is 0 Å². The number of hydrogen-bond donors (Lipinski definition) is 1. The van der Waals surface area contributed by atoms with Crippen molar-refractivity contribution in [2.24, 2.45) is 11.7 Å². The first kappa shape index (κ1) is 12.9. The van der Waals surface area contributed by atoms with Gasteiger partial charge in [0.25, 0.3) is 0 Å². The molecule has 0 radical (unpaired) electrons. The van der Waals surface area contributed by atoms with E-state index >= 15 is 0 Å². The van der Waals surface area contributed by atoms with Gasteiger partial charge in [0, 0.05) is 29.8 Å². The molecule has 0 spiro atoms. The molecule has 0 amide bonds. The monoisotopic (exact) mass is 296 g/mol. The summed E-state index contributed by atoms with van der Waals surface area (Å²) in [5.41, 5.74) is 8.25. The molecule has 1 aromatic rings. The second kappa shape index (κ2) is 5.87. The molecule has 1 aliphatic rings. The zero-order chi connectivity index (χ0) is 12.3. The molecule has 17 heavy (non-hydrogen) atoms. The Morgan fingerprint density at radius 2 is 2.12 bits per heavy atom. The van der Waals surface area contributed by atoms with Gasteiger partial charge in [-0.05, 0) is 48.9 Å². The fraction of sp³-hybridized carbons (Fsp3) is 0.571. The Balaban J connectivity index is 2.17. The fourth-order valence-corrected chi connectivity index (χ4v) is 2.98. The van der Waals surface area contributed by atoms with Gasteiger partial charge in [-0.1, -0.05) is 22.9 Å². The van der Waals surface area contributed by atoms with Crippen molar-refractivity contribution in [3.8, 4) is 0 Å². The third kappa shape index (κ3) is 3.46. The minimum absolute atomic E-state index is 0.608. The van der Waals surface area contributed by atoms with Crippen LogP contribution in [0.3, 0.4) is 0 Å². The highest BCUT2D eigenvalue weighted by atomic mass is 79.9. The lowest BCUT2D eigenvalue weighted by atomic mass is 10.0. The minimum atomic E-state index is 0.608. The molecule has 0 aromatic heterocycles. The van der Waals surface area contributed by atoms with Gasteiger partial charge < -0.3 is 10.6 Å². The van der Waals surface area contributed by atoms with Crippen LogP contribution in [0, 0.1) is 5.92 Å². The van der Waals surface area contributed by atoms with Gasteiger partial charge in [-0.15, -0.1) is 0 Å². The van der Waals surface area contributed by atoms with Crippen molar-refractivity contribution in [1.82, 2.24) is 0 Å². The topological polar surface area (TPSA) is 29.3 Å². The van der Waals surface area contributed by atoms with Crippen LogP contribution >= 0.6 is 15.9 Å². The van der Waals surface area contributed by atoms with E-state index in [9.17, 15) is 0 Å². The molecule has 94 valence electrons. The van der Waals surface area contributed by atoms with E-state index in [2.05, 4.69) is 46.0 Å². The summed E-state index contributed by atoms with van der Waals surface area (Å²) in [5.74, 6) is 0.862. The van der Waals surface area contributed by atoms with Crippen molar-refractivity contribution < 1.29 is 0 Å². The molecule has 2 rings (SSSR count). The van der Waals surface area contributed by atoms with E-state index < -0.39 is 0 Å². The van der Waals surface area contributed by atoms with E-state index in [1.165, 1.54) is 43.6 Å². The summed E-state index contributed by atoms with van der Waals surface area (Å²) < 4.78 is 1.13. The summed E-state index contributed by atoms with van der Waals surface area (Å²) in [6.07, 6.45) is 3.95. The molecule has 1 fully saturated rings. The van der Waals surface area contributed by atoms with Crippen molar-refractivity contribution in [2.75, 3.05) is 18.0 Å². The van der Waals surface area contributed by atoms with E-state index in [1.807, 2.05) is 0 Å². The molecule has 1 aromatic carbocycles. The minimum Gasteiger partial charge on any atom is -0.371 e. The van der Waals surface area contributed by atoms with Gasteiger partial charge in [0.05, 0.1) is 0 Å². The first-order chi connectivity index (χ1) is 8.19. The standard InChI is InChI=1S/C14H21BrN2/c1-11-3-2-5-17(6-4-11)14-8-12(10-16)7-13(15)9-14/h7-9,11H,2-6,10,16H2,1H3. The Labute approximate surface area is 112 Å². The van der Waals surface area contributed by atoms with Crippen LogP contribution in [0.5, 0.6) is 0 Å². The average molecular weight is 297 g/mol. The van der Waals surface area contributed by atoms with Crippen LogP contribution in [-0.2, 0) is 6.54 Å². The Morgan fingerprint density at radius 1 is 1.29 bits per heavy atom. The van der Waals surface area contributed by atoms with Gasteiger partial charge in [-0.3, -0.25) is 0 Å². The van der Waals surface area contributed by atoms with Crippen LogP contribution < -0.4 is 10.6 Å². The second-order valence-electron chi connectivity index (χ2n) is 5.04. The summed E-state index contributed by atoms with van der Waals surface area (Å²) in [4.78, 5) is 2.49. The lowest BCUT2D eigenvalue weighted by Gasteiger charge is -2.23. The van der Waals surface area contributed by atoms with E-state index in [4.69, 9.17) is 5.73 Å². The fourth-order valence-electron chi connectivity index (χ4n) is 2.45. The van der Waals surface area contributed by atoms with Crippen LogP contribution in [0.15, 0.2) is 22.7 Å². The van der Waals surface area contributed by atoms with Crippen molar-refractivity contribution in [3.63, 3.8) is 0 Å². The van der Waals surface area contributed by atoms with Gasteiger partial charge in [0.1, 0.15) is 0 Å². The lowest BCUT2D eigenvalue weighted by molar-refractivity contribution is 0.521. The maximum atomic E-state index is 5.73. The molecule has 1 unspecified atom stereocenters. The Kier molecular flexibility index (Phi) is 4.46. The third-order valence-corrected chi connectivity index (χ3v) is 4.02.